The third-order valence-corrected chi connectivity index (χ3v) is 2.48. The van der Waals surface area contributed by atoms with Crippen molar-refractivity contribution in [2.75, 3.05) is 13.2 Å². The highest BCUT2D eigenvalue weighted by molar-refractivity contribution is 5.69. The van der Waals surface area contributed by atoms with Crippen LogP contribution < -0.4 is 0 Å². The first kappa shape index (κ1) is 16.9. The summed E-state index contributed by atoms with van der Waals surface area (Å²) in [4.78, 5) is 21.5. The summed E-state index contributed by atoms with van der Waals surface area (Å²) in [5.74, 6) is -1.20. The normalized spacial score (nSPS) is 10.6. The van der Waals surface area contributed by atoms with Gasteiger partial charge in [0.25, 0.3) is 0 Å². The fourth-order valence-electron chi connectivity index (χ4n) is 1.45. The van der Waals surface area contributed by atoms with Crippen molar-refractivity contribution in [3.05, 3.63) is 0 Å². The van der Waals surface area contributed by atoms with Crippen LogP contribution in [-0.4, -0.2) is 46.6 Å². The largest absolute Gasteiger partial charge is 0.481 e. The maximum atomic E-state index is 11.2. The SMILES string of the molecule is O=C(O)CCCCCCCC(=O)OC(CO)CO. The number of aliphatic hydroxyl groups is 2. The lowest BCUT2D eigenvalue weighted by molar-refractivity contribution is -0.153. The van der Waals surface area contributed by atoms with E-state index in [1.54, 1.807) is 0 Å². The van der Waals surface area contributed by atoms with E-state index in [0.29, 0.717) is 12.8 Å². The molecule has 0 rings (SSSR count). The molecule has 6 heteroatoms. The number of carboxylic acid groups (broad SMARTS) is 1. The monoisotopic (exact) mass is 262 g/mol. The Labute approximate surface area is 107 Å². The number of esters is 1. The van der Waals surface area contributed by atoms with E-state index in [4.69, 9.17) is 20.1 Å². The average Bonchev–Trinajstić information content (AvgIpc) is 2.34. The van der Waals surface area contributed by atoms with Crippen LogP contribution in [0, 0.1) is 0 Å². The van der Waals surface area contributed by atoms with Crippen LogP contribution >= 0.6 is 0 Å². The predicted octanol–water partition coefficient (Wildman–Crippen LogP) is 0.698. The Morgan fingerprint density at radius 2 is 1.39 bits per heavy atom. The molecule has 0 bridgehead atoms. The second kappa shape index (κ2) is 11.0. The number of aliphatic carboxylic acids is 1. The second-order valence-electron chi connectivity index (χ2n) is 4.14. The lowest BCUT2D eigenvalue weighted by Crippen LogP contribution is -2.25. The Morgan fingerprint density at radius 1 is 0.889 bits per heavy atom. The number of carbonyl (C=O) groups excluding carboxylic acids is 1. The van der Waals surface area contributed by atoms with Gasteiger partial charge in [-0.05, 0) is 12.8 Å². The van der Waals surface area contributed by atoms with Crippen LogP contribution in [0.5, 0.6) is 0 Å². The fourth-order valence-corrected chi connectivity index (χ4v) is 1.45. The summed E-state index contributed by atoms with van der Waals surface area (Å²) in [6, 6.07) is 0. The number of hydrogen-bond acceptors (Lipinski definition) is 5. The van der Waals surface area contributed by atoms with E-state index < -0.39 is 18.0 Å². The van der Waals surface area contributed by atoms with Gasteiger partial charge in [-0.3, -0.25) is 9.59 Å². The lowest BCUT2D eigenvalue weighted by Gasteiger charge is -2.12. The molecule has 0 spiro atoms. The van der Waals surface area contributed by atoms with E-state index in [9.17, 15) is 9.59 Å². The molecule has 106 valence electrons. The van der Waals surface area contributed by atoms with Crippen LogP contribution in [0.25, 0.3) is 0 Å². The summed E-state index contributed by atoms with van der Waals surface area (Å²) >= 11 is 0. The second-order valence-corrected chi connectivity index (χ2v) is 4.14. The van der Waals surface area contributed by atoms with Gasteiger partial charge in [0.1, 0.15) is 6.10 Å². The van der Waals surface area contributed by atoms with E-state index in [2.05, 4.69) is 0 Å². The van der Waals surface area contributed by atoms with Crippen molar-refractivity contribution in [2.45, 2.75) is 51.0 Å². The molecule has 0 atom stereocenters. The fraction of sp³-hybridized carbons (Fsp3) is 0.833. The van der Waals surface area contributed by atoms with Gasteiger partial charge in [0.2, 0.25) is 0 Å². The molecule has 0 aromatic rings. The van der Waals surface area contributed by atoms with Crippen molar-refractivity contribution in [2.24, 2.45) is 0 Å². The lowest BCUT2D eigenvalue weighted by atomic mass is 10.1. The summed E-state index contributed by atoms with van der Waals surface area (Å²) in [5, 5.41) is 25.8. The minimum atomic E-state index is -0.826. The van der Waals surface area contributed by atoms with Crippen LogP contribution in [0.15, 0.2) is 0 Å². The van der Waals surface area contributed by atoms with Gasteiger partial charge < -0.3 is 20.1 Å². The van der Waals surface area contributed by atoms with Gasteiger partial charge in [-0.2, -0.15) is 0 Å². The summed E-state index contributed by atoms with van der Waals surface area (Å²) in [6.45, 7) is -0.755. The Hall–Kier alpha value is -1.14. The molecule has 0 amide bonds. The maximum absolute atomic E-state index is 11.2. The van der Waals surface area contributed by atoms with Crippen LogP contribution in [-0.2, 0) is 14.3 Å². The van der Waals surface area contributed by atoms with E-state index in [0.717, 1.165) is 19.3 Å². The number of carboxylic acids is 1. The van der Waals surface area contributed by atoms with Crippen molar-refractivity contribution >= 4 is 11.9 Å². The van der Waals surface area contributed by atoms with E-state index in [-0.39, 0.29) is 26.1 Å². The van der Waals surface area contributed by atoms with Crippen LogP contribution in [0.1, 0.15) is 44.9 Å². The first-order valence-corrected chi connectivity index (χ1v) is 6.23. The predicted molar refractivity (Wildman–Crippen MR) is 64.0 cm³/mol. The quantitative estimate of drug-likeness (QED) is 0.374. The summed E-state index contributed by atoms with van der Waals surface area (Å²) in [5.41, 5.74) is 0. The molecule has 3 N–H and O–H groups in total. The molecule has 0 aromatic heterocycles. The highest BCUT2D eigenvalue weighted by atomic mass is 16.6. The Morgan fingerprint density at radius 3 is 1.89 bits per heavy atom. The first-order chi connectivity index (χ1) is 8.60. The van der Waals surface area contributed by atoms with Gasteiger partial charge in [0.05, 0.1) is 13.2 Å². The van der Waals surface area contributed by atoms with E-state index in [1.807, 2.05) is 0 Å². The maximum Gasteiger partial charge on any atom is 0.306 e. The third-order valence-electron chi connectivity index (χ3n) is 2.48. The van der Waals surface area contributed by atoms with Crippen LogP contribution in [0.4, 0.5) is 0 Å². The zero-order valence-electron chi connectivity index (χ0n) is 10.5. The highest BCUT2D eigenvalue weighted by Gasteiger charge is 2.11. The molecule has 0 aliphatic heterocycles. The topological polar surface area (TPSA) is 104 Å². The third kappa shape index (κ3) is 10.0. The summed E-state index contributed by atoms with van der Waals surface area (Å²) in [7, 11) is 0. The zero-order chi connectivity index (χ0) is 13.8. The van der Waals surface area contributed by atoms with Crippen molar-refractivity contribution < 1.29 is 29.6 Å². The van der Waals surface area contributed by atoms with Crippen molar-refractivity contribution in [1.29, 1.82) is 0 Å². The van der Waals surface area contributed by atoms with E-state index >= 15 is 0 Å². The standard InChI is InChI=1S/C12H22O6/c13-8-10(9-14)18-12(17)7-5-3-1-2-4-6-11(15)16/h10,13-14H,1-9H2,(H,15,16). The molecule has 0 heterocycles. The van der Waals surface area contributed by atoms with Gasteiger partial charge >= 0.3 is 11.9 Å². The number of hydrogen-bond donors (Lipinski definition) is 3. The van der Waals surface area contributed by atoms with Gasteiger partial charge in [-0.25, -0.2) is 0 Å². The van der Waals surface area contributed by atoms with Crippen molar-refractivity contribution in [3.63, 3.8) is 0 Å². The molecular weight excluding hydrogens is 240 g/mol. The Balaban J connectivity index is 3.37. The highest BCUT2D eigenvalue weighted by Crippen LogP contribution is 2.08. The zero-order valence-corrected chi connectivity index (χ0v) is 10.5. The van der Waals surface area contributed by atoms with Crippen LogP contribution in [0.3, 0.4) is 0 Å². The number of aliphatic hydroxyl groups excluding tert-OH is 2. The van der Waals surface area contributed by atoms with Crippen LogP contribution in [0.2, 0.25) is 0 Å². The molecule has 0 saturated carbocycles. The molecular formula is C12H22O6. The Kier molecular flexibility index (Phi) is 10.3. The van der Waals surface area contributed by atoms with E-state index in [1.165, 1.54) is 0 Å². The van der Waals surface area contributed by atoms with Gasteiger partial charge in [0, 0.05) is 12.8 Å². The molecule has 0 saturated heterocycles. The number of ether oxygens (including phenoxy) is 1. The minimum absolute atomic E-state index is 0.191. The average molecular weight is 262 g/mol. The number of rotatable bonds is 11. The molecule has 0 aliphatic rings. The molecule has 0 aliphatic carbocycles. The molecule has 0 aromatic carbocycles. The van der Waals surface area contributed by atoms with Gasteiger partial charge in [-0.15, -0.1) is 0 Å². The van der Waals surface area contributed by atoms with Crippen molar-refractivity contribution in [3.8, 4) is 0 Å². The molecule has 0 radical (unpaired) electrons. The van der Waals surface area contributed by atoms with Crippen molar-refractivity contribution in [1.82, 2.24) is 0 Å². The Bertz CT molecular complexity index is 237. The summed E-state index contributed by atoms with van der Waals surface area (Å²) in [6.07, 6.45) is 3.55. The molecule has 0 fully saturated rings. The number of unbranched alkanes of at least 4 members (excludes halogenated alkanes) is 4. The summed E-state index contributed by atoms with van der Waals surface area (Å²) < 4.78 is 4.79. The number of carbonyl (C=O) groups is 2. The van der Waals surface area contributed by atoms with Gasteiger partial charge in [0.15, 0.2) is 0 Å². The first-order valence-electron chi connectivity index (χ1n) is 6.23. The van der Waals surface area contributed by atoms with Gasteiger partial charge in [-0.1, -0.05) is 19.3 Å². The molecule has 6 nitrogen and oxygen atoms in total. The minimum Gasteiger partial charge on any atom is -0.481 e. The molecule has 0 unspecified atom stereocenters. The smallest absolute Gasteiger partial charge is 0.306 e. The molecule has 18 heavy (non-hydrogen) atoms.